The Balaban J connectivity index is 1.87. The predicted molar refractivity (Wildman–Crippen MR) is 109 cm³/mol. The zero-order valence-electron chi connectivity index (χ0n) is 16.5. The van der Waals surface area contributed by atoms with E-state index in [-0.39, 0.29) is 5.91 Å². The van der Waals surface area contributed by atoms with Crippen LogP contribution in [0.5, 0.6) is 11.5 Å². The number of unbranched alkanes of at least 4 members (excludes halogenated alkanes) is 2. The molecule has 0 saturated heterocycles. The summed E-state index contributed by atoms with van der Waals surface area (Å²) in [4.78, 5) is 12.0. The second kappa shape index (κ2) is 11.6. The first kappa shape index (κ1) is 21.3. The number of hydrogen-bond acceptors (Lipinski definition) is 4. The summed E-state index contributed by atoms with van der Waals surface area (Å²) in [5.41, 5.74) is 1.47. The Morgan fingerprint density at radius 3 is 2.82 bits per heavy atom. The topological polar surface area (TPSA) is 74.5 Å². The molecule has 0 unspecified atom stereocenters. The SMILES string of the molecule is CCCCCOc1cc(/C=C/C(=O)NCCc2cccc[n+]2[O-])ccc1OC. The molecule has 1 aromatic carbocycles. The number of amides is 1. The molecular formula is C22H28N2O4. The number of hydrogen-bond donors (Lipinski definition) is 1. The van der Waals surface area contributed by atoms with Crippen LogP contribution in [0.3, 0.4) is 0 Å². The molecule has 6 nitrogen and oxygen atoms in total. The molecule has 1 heterocycles. The van der Waals surface area contributed by atoms with Crippen LogP contribution in [0.4, 0.5) is 0 Å². The average Bonchev–Trinajstić information content (AvgIpc) is 2.71. The number of pyridine rings is 1. The van der Waals surface area contributed by atoms with E-state index in [1.165, 1.54) is 12.3 Å². The summed E-state index contributed by atoms with van der Waals surface area (Å²) in [7, 11) is 1.61. The number of ether oxygens (including phenoxy) is 2. The number of methoxy groups -OCH3 is 1. The van der Waals surface area contributed by atoms with Gasteiger partial charge in [0, 0.05) is 24.8 Å². The Hall–Kier alpha value is -3.02. The van der Waals surface area contributed by atoms with Gasteiger partial charge in [-0.1, -0.05) is 31.9 Å². The summed E-state index contributed by atoms with van der Waals surface area (Å²) < 4.78 is 12.0. The molecule has 0 aliphatic rings. The van der Waals surface area contributed by atoms with Crippen molar-refractivity contribution in [2.45, 2.75) is 32.6 Å². The van der Waals surface area contributed by atoms with Crippen molar-refractivity contribution < 1.29 is 19.0 Å². The van der Waals surface area contributed by atoms with E-state index in [0.717, 1.165) is 29.6 Å². The maximum Gasteiger partial charge on any atom is 0.244 e. The molecular weight excluding hydrogens is 356 g/mol. The van der Waals surface area contributed by atoms with Crippen LogP contribution in [0, 0.1) is 5.21 Å². The summed E-state index contributed by atoms with van der Waals surface area (Å²) in [6.07, 6.45) is 8.37. The lowest BCUT2D eigenvalue weighted by Crippen LogP contribution is -2.33. The van der Waals surface area contributed by atoms with Crippen LogP contribution >= 0.6 is 0 Å². The molecule has 0 fully saturated rings. The fraction of sp³-hybridized carbons (Fsp3) is 0.364. The lowest BCUT2D eigenvalue weighted by atomic mass is 10.2. The maximum atomic E-state index is 12.0. The molecule has 1 amide bonds. The number of carbonyl (C=O) groups is 1. The van der Waals surface area contributed by atoms with Gasteiger partial charge in [0.15, 0.2) is 23.4 Å². The minimum Gasteiger partial charge on any atom is -0.619 e. The van der Waals surface area contributed by atoms with E-state index < -0.39 is 0 Å². The van der Waals surface area contributed by atoms with Crippen LogP contribution in [0.25, 0.3) is 6.08 Å². The van der Waals surface area contributed by atoms with Gasteiger partial charge in [0.05, 0.1) is 20.1 Å². The Morgan fingerprint density at radius 2 is 2.07 bits per heavy atom. The fourth-order valence-electron chi connectivity index (χ4n) is 2.65. The first-order chi connectivity index (χ1) is 13.6. The molecule has 1 N–H and O–H groups in total. The maximum absolute atomic E-state index is 12.0. The molecule has 0 aliphatic carbocycles. The fourth-order valence-corrected chi connectivity index (χ4v) is 2.65. The molecule has 0 atom stereocenters. The van der Waals surface area contributed by atoms with Crippen LogP contribution in [0.15, 0.2) is 48.7 Å². The zero-order valence-corrected chi connectivity index (χ0v) is 16.5. The van der Waals surface area contributed by atoms with Crippen LogP contribution in [0.1, 0.15) is 37.4 Å². The molecule has 0 saturated carbocycles. The zero-order chi connectivity index (χ0) is 20.2. The summed E-state index contributed by atoms with van der Waals surface area (Å²) in [6.45, 7) is 3.18. The van der Waals surface area contributed by atoms with Crippen molar-refractivity contribution in [3.8, 4) is 11.5 Å². The molecule has 1 aromatic heterocycles. The molecule has 2 aromatic rings. The molecule has 0 radical (unpaired) electrons. The number of carbonyl (C=O) groups excluding carboxylic acids is 1. The second-order valence-corrected chi connectivity index (χ2v) is 6.36. The largest absolute Gasteiger partial charge is 0.619 e. The normalized spacial score (nSPS) is 10.8. The van der Waals surface area contributed by atoms with E-state index in [1.54, 1.807) is 31.4 Å². The highest BCUT2D eigenvalue weighted by molar-refractivity contribution is 5.91. The van der Waals surface area contributed by atoms with E-state index in [1.807, 2.05) is 18.2 Å². The minimum absolute atomic E-state index is 0.213. The molecule has 2 rings (SSSR count). The number of aromatic nitrogens is 1. The molecule has 0 bridgehead atoms. The van der Waals surface area contributed by atoms with Gasteiger partial charge in [-0.2, -0.15) is 4.73 Å². The van der Waals surface area contributed by atoms with E-state index in [0.29, 0.717) is 36.8 Å². The number of benzene rings is 1. The van der Waals surface area contributed by atoms with E-state index in [4.69, 9.17) is 9.47 Å². The van der Waals surface area contributed by atoms with Crippen LogP contribution < -0.4 is 19.5 Å². The standard InChI is InChI=1S/C22H28N2O4/c1-3-4-7-16-28-21-17-18(9-11-20(21)27-2)10-12-22(25)23-14-13-19-8-5-6-15-24(19)26/h5-6,8-12,15,17H,3-4,7,13-14,16H2,1-2H3,(H,23,25)/b12-10+. The Bertz CT molecular complexity index is 790. The van der Waals surface area contributed by atoms with E-state index >= 15 is 0 Å². The lowest BCUT2D eigenvalue weighted by Gasteiger charge is -2.11. The monoisotopic (exact) mass is 384 g/mol. The number of nitrogens with one attached hydrogen (secondary N) is 1. The van der Waals surface area contributed by atoms with Crippen molar-refractivity contribution in [1.29, 1.82) is 0 Å². The summed E-state index contributed by atoms with van der Waals surface area (Å²) in [6, 6.07) is 10.8. The van der Waals surface area contributed by atoms with Crippen molar-refractivity contribution in [2.75, 3.05) is 20.3 Å². The van der Waals surface area contributed by atoms with Crippen molar-refractivity contribution in [3.05, 3.63) is 65.1 Å². The first-order valence-electron chi connectivity index (χ1n) is 9.58. The second-order valence-electron chi connectivity index (χ2n) is 6.36. The van der Waals surface area contributed by atoms with Gasteiger partial charge in [-0.25, -0.2) is 0 Å². The smallest absolute Gasteiger partial charge is 0.244 e. The molecule has 0 aliphatic heterocycles. The summed E-state index contributed by atoms with van der Waals surface area (Å²) in [5, 5.41) is 14.3. The molecule has 6 heteroatoms. The summed E-state index contributed by atoms with van der Waals surface area (Å²) >= 11 is 0. The van der Waals surface area contributed by atoms with Gasteiger partial charge < -0.3 is 20.0 Å². The highest BCUT2D eigenvalue weighted by Crippen LogP contribution is 2.28. The Kier molecular flexibility index (Phi) is 8.85. The highest BCUT2D eigenvalue weighted by atomic mass is 16.5. The van der Waals surface area contributed by atoms with Crippen molar-refractivity contribution in [3.63, 3.8) is 0 Å². The third kappa shape index (κ3) is 6.95. The van der Waals surface area contributed by atoms with Gasteiger partial charge in [-0.3, -0.25) is 4.79 Å². The highest BCUT2D eigenvalue weighted by Gasteiger charge is 2.06. The lowest BCUT2D eigenvalue weighted by molar-refractivity contribution is -0.613. The van der Waals surface area contributed by atoms with Crippen LogP contribution in [-0.4, -0.2) is 26.2 Å². The van der Waals surface area contributed by atoms with Crippen LogP contribution in [-0.2, 0) is 11.2 Å². The third-order valence-electron chi connectivity index (χ3n) is 4.20. The van der Waals surface area contributed by atoms with Gasteiger partial charge in [0.25, 0.3) is 0 Å². The van der Waals surface area contributed by atoms with Gasteiger partial charge >= 0.3 is 0 Å². The van der Waals surface area contributed by atoms with Gasteiger partial charge in [-0.05, 0) is 30.2 Å². The van der Waals surface area contributed by atoms with Gasteiger partial charge in [-0.15, -0.1) is 0 Å². The van der Waals surface area contributed by atoms with Crippen molar-refractivity contribution in [1.82, 2.24) is 5.32 Å². The number of nitrogens with zero attached hydrogens (tertiary/aromatic N) is 1. The third-order valence-corrected chi connectivity index (χ3v) is 4.20. The summed E-state index contributed by atoms with van der Waals surface area (Å²) in [5.74, 6) is 1.13. The molecule has 28 heavy (non-hydrogen) atoms. The molecule has 0 spiro atoms. The molecule has 150 valence electrons. The van der Waals surface area contributed by atoms with Gasteiger partial charge in [0.2, 0.25) is 5.91 Å². The number of rotatable bonds is 11. The quantitative estimate of drug-likeness (QED) is 0.279. The average molecular weight is 384 g/mol. The predicted octanol–water partition coefficient (Wildman–Crippen LogP) is 3.27. The van der Waals surface area contributed by atoms with Crippen LogP contribution in [0.2, 0.25) is 0 Å². The van der Waals surface area contributed by atoms with E-state index in [9.17, 15) is 10.0 Å². The Labute approximate surface area is 166 Å². The first-order valence-corrected chi connectivity index (χ1v) is 9.58. The van der Waals surface area contributed by atoms with E-state index in [2.05, 4.69) is 12.2 Å². The minimum atomic E-state index is -0.213. The van der Waals surface area contributed by atoms with Crippen molar-refractivity contribution >= 4 is 12.0 Å². The van der Waals surface area contributed by atoms with Crippen molar-refractivity contribution in [2.24, 2.45) is 0 Å². The van der Waals surface area contributed by atoms with Gasteiger partial charge in [0.1, 0.15) is 0 Å². The Morgan fingerprint density at radius 1 is 1.21 bits per heavy atom.